The van der Waals surface area contributed by atoms with Gasteiger partial charge < -0.3 is 0 Å². The van der Waals surface area contributed by atoms with Gasteiger partial charge in [0.1, 0.15) is 0 Å². The molecule has 2 bridgehead atoms. The van der Waals surface area contributed by atoms with Gasteiger partial charge in [-0.15, -0.1) is 0 Å². The fraction of sp³-hybridized carbons (Fsp3) is 0.905. The summed E-state index contributed by atoms with van der Waals surface area (Å²) in [6.45, 7) is 2.27. The molecule has 0 spiro atoms. The van der Waals surface area contributed by atoms with Crippen LogP contribution in [0.25, 0.3) is 0 Å². The van der Waals surface area contributed by atoms with Gasteiger partial charge in [0.15, 0.2) is 0 Å². The molecule has 25 heavy (non-hydrogen) atoms. The van der Waals surface area contributed by atoms with E-state index in [4.69, 9.17) is 0 Å². The molecule has 0 aromatic heterocycles. The Kier molecular flexibility index (Phi) is 7.27. The molecule has 1 N–H and O–H groups in total. The van der Waals surface area contributed by atoms with Crippen LogP contribution in [-0.4, -0.2) is 22.8 Å². The maximum atomic E-state index is 12.0. The van der Waals surface area contributed by atoms with Crippen molar-refractivity contribution in [1.82, 2.24) is 5.32 Å². The van der Waals surface area contributed by atoms with Gasteiger partial charge in [-0.1, -0.05) is 64.7 Å². The van der Waals surface area contributed by atoms with Crippen molar-refractivity contribution >= 4 is 23.6 Å². The van der Waals surface area contributed by atoms with Gasteiger partial charge in [0.2, 0.25) is 11.8 Å². The molecule has 142 valence electrons. The summed E-state index contributed by atoms with van der Waals surface area (Å²) >= 11 is 2.09. The predicted molar refractivity (Wildman–Crippen MR) is 104 cm³/mol. The van der Waals surface area contributed by atoms with Crippen LogP contribution in [0.5, 0.6) is 0 Å². The van der Waals surface area contributed by atoms with Crippen LogP contribution in [0.15, 0.2) is 0 Å². The fourth-order valence-corrected chi connectivity index (χ4v) is 6.92. The highest BCUT2D eigenvalue weighted by Gasteiger charge is 2.61. The Hall–Kier alpha value is -0.510. The normalized spacial score (nSPS) is 33.1. The molecule has 2 saturated carbocycles. The first-order valence-corrected chi connectivity index (χ1v) is 11.7. The minimum absolute atomic E-state index is 0.0106. The zero-order valence-corrected chi connectivity index (χ0v) is 16.6. The first kappa shape index (κ1) is 19.3. The second kappa shape index (κ2) is 9.43. The summed E-state index contributed by atoms with van der Waals surface area (Å²) in [5.74, 6) is 2.24. The molecule has 1 aliphatic heterocycles. The van der Waals surface area contributed by atoms with E-state index in [1.807, 2.05) is 0 Å². The Balaban J connectivity index is 1.22. The third-order valence-electron chi connectivity index (χ3n) is 6.63. The summed E-state index contributed by atoms with van der Waals surface area (Å²) in [7, 11) is 0. The average Bonchev–Trinajstić information content (AvgIpc) is 3.25. The van der Waals surface area contributed by atoms with Crippen LogP contribution in [0.4, 0.5) is 0 Å². The van der Waals surface area contributed by atoms with E-state index in [1.54, 1.807) is 0 Å². The highest BCUT2D eigenvalue weighted by Crippen LogP contribution is 2.57. The van der Waals surface area contributed by atoms with Crippen molar-refractivity contribution < 1.29 is 9.59 Å². The predicted octanol–water partition coefficient (Wildman–Crippen LogP) is 4.94. The Morgan fingerprint density at radius 3 is 2.12 bits per heavy atom. The zero-order valence-electron chi connectivity index (χ0n) is 15.8. The number of rotatable bonds is 12. The number of hydrogen-bond donors (Lipinski definition) is 1. The third-order valence-corrected chi connectivity index (χ3v) is 8.12. The van der Waals surface area contributed by atoms with Crippen molar-refractivity contribution in [3.63, 3.8) is 0 Å². The first-order valence-electron chi connectivity index (χ1n) is 10.7. The molecule has 3 nitrogen and oxygen atoms in total. The molecule has 1 saturated heterocycles. The number of carbonyl (C=O) groups is 2. The molecule has 3 rings (SSSR count). The van der Waals surface area contributed by atoms with Crippen LogP contribution in [0.3, 0.4) is 0 Å². The Morgan fingerprint density at radius 1 is 0.840 bits per heavy atom. The molecular formula is C21H35NO2S. The Labute approximate surface area is 157 Å². The Bertz CT molecular complexity index is 467. The first-order chi connectivity index (χ1) is 12.2. The van der Waals surface area contributed by atoms with Gasteiger partial charge in [0.05, 0.1) is 11.8 Å². The minimum Gasteiger partial charge on any atom is -0.296 e. The van der Waals surface area contributed by atoms with Crippen molar-refractivity contribution in [3.8, 4) is 0 Å². The van der Waals surface area contributed by atoms with E-state index in [0.717, 1.165) is 12.8 Å². The van der Waals surface area contributed by atoms with Crippen LogP contribution >= 0.6 is 11.8 Å². The maximum Gasteiger partial charge on any atom is 0.230 e. The van der Waals surface area contributed by atoms with E-state index in [9.17, 15) is 9.59 Å². The monoisotopic (exact) mass is 365 g/mol. The zero-order chi connectivity index (χ0) is 17.6. The number of hydrogen-bond acceptors (Lipinski definition) is 3. The van der Waals surface area contributed by atoms with Crippen LogP contribution in [-0.2, 0) is 9.59 Å². The van der Waals surface area contributed by atoms with Crippen molar-refractivity contribution in [3.05, 3.63) is 0 Å². The van der Waals surface area contributed by atoms with E-state index in [-0.39, 0.29) is 23.7 Å². The molecule has 5 atom stereocenters. The lowest BCUT2D eigenvalue weighted by atomic mass is 9.81. The number of carbonyl (C=O) groups excluding carboxylic acids is 2. The van der Waals surface area contributed by atoms with E-state index < -0.39 is 0 Å². The molecule has 3 aliphatic rings. The van der Waals surface area contributed by atoms with Crippen molar-refractivity contribution in [2.45, 2.75) is 89.2 Å². The summed E-state index contributed by atoms with van der Waals surface area (Å²) in [5, 5.41) is 3.19. The van der Waals surface area contributed by atoms with Crippen LogP contribution in [0.1, 0.15) is 84.0 Å². The topological polar surface area (TPSA) is 46.2 Å². The van der Waals surface area contributed by atoms with Crippen molar-refractivity contribution in [2.24, 2.45) is 23.7 Å². The standard InChI is InChI=1S/C21H35NO2S/c1-2-3-4-5-6-7-8-9-10-11-12-25-17-14-15-13-16(17)19-18(15)20(23)22-21(19)24/h15-19H,2-14H2,1H3,(H,22,23,24). The van der Waals surface area contributed by atoms with Crippen LogP contribution < -0.4 is 5.32 Å². The highest BCUT2D eigenvalue weighted by molar-refractivity contribution is 7.99. The van der Waals surface area contributed by atoms with Gasteiger partial charge in [-0.2, -0.15) is 11.8 Å². The summed E-state index contributed by atoms with van der Waals surface area (Å²) in [4.78, 5) is 23.9. The van der Waals surface area contributed by atoms with Gasteiger partial charge in [-0.25, -0.2) is 0 Å². The molecule has 4 heteroatoms. The molecular weight excluding hydrogens is 330 g/mol. The number of nitrogens with one attached hydrogen (secondary N) is 1. The number of imide groups is 1. The summed E-state index contributed by atoms with van der Waals surface area (Å²) < 4.78 is 0. The molecule has 0 radical (unpaired) electrons. The molecule has 3 fully saturated rings. The van der Waals surface area contributed by atoms with E-state index >= 15 is 0 Å². The number of unbranched alkanes of at least 4 members (excludes halogenated alkanes) is 9. The van der Waals surface area contributed by atoms with Gasteiger partial charge >= 0.3 is 0 Å². The molecule has 0 aromatic rings. The van der Waals surface area contributed by atoms with E-state index in [2.05, 4.69) is 24.0 Å². The van der Waals surface area contributed by atoms with Gasteiger partial charge in [0.25, 0.3) is 0 Å². The molecule has 2 aliphatic carbocycles. The van der Waals surface area contributed by atoms with Gasteiger partial charge in [-0.3, -0.25) is 14.9 Å². The lowest BCUT2D eigenvalue weighted by Gasteiger charge is -2.28. The SMILES string of the molecule is CCCCCCCCCCCCSC1CC2CC1C1C(=O)NC(=O)C21. The summed E-state index contributed by atoms with van der Waals surface area (Å²) in [5.41, 5.74) is 0. The maximum absolute atomic E-state index is 12.0. The second-order valence-corrected chi connectivity index (χ2v) is 9.74. The Morgan fingerprint density at radius 2 is 1.44 bits per heavy atom. The summed E-state index contributed by atoms with van der Waals surface area (Å²) in [6, 6.07) is 0. The van der Waals surface area contributed by atoms with Crippen LogP contribution in [0, 0.1) is 23.7 Å². The van der Waals surface area contributed by atoms with E-state index in [0.29, 0.717) is 17.1 Å². The van der Waals surface area contributed by atoms with Gasteiger partial charge in [0, 0.05) is 5.25 Å². The number of thioether (sulfide) groups is 1. The lowest BCUT2D eigenvalue weighted by molar-refractivity contribution is -0.126. The largest absolute Gasteiger partial charge is 0.296 e. The smallest absolute Gasteiger partial charge is 0.230 e. The highest BCUT2D eigenvalue weighted by atomic mass is 32.2. The van der Waals surface area contributed by atoms with Crippen LogP contribution in [0.2, 0.25) is 0 Å². The average molecular weight is 366 g/mol. The fourth-order valence-electron chi connectivity index (χ4n) is 5.34. The lowest BCUT2D eigenvalue weighted by Crippen LogP contribution is -2.32. The molecule has 5 unspecified atom stereocenters. The van der Waals surface area contributed by atoms with Crippen molar-refractivity contribution in [2.75, 3.05) is 5.75 Å². The minimum atomic E-state index is 0.0106. The summed E-state index contributed by atoms with van der Waals surface area (Å²) in [6.07, 6.45) is 16.1. The quantitative estimate of drug-likeness (QED) is 0.394. The number of fused-ring (bicyclic) bond motifs is 5. The molecule has 2 amide bonds. The molecule has 0 aromatic carbocycles. The van der Waals surface area contributed by atoms with E-state index in [1.165, 1.54) is 70.0 Å². The van der Waals surface area contributed by atoms with Gasteiger partial charge in [-0.05, 0) is 36.9 Å². The third kappa shape index (κ3) is 4.61. The van der Waals surface area contributed by atoms with Crippen molar-refractivity contribution in [1.29, 1.82) is 0 Å². The molecule has 1 heterocycles. The second-order valence-electron chi connectivity index (χ2n) is 8.39. The number of amides is 2.